The monoisotopic (exact) mass is 406 g/mol. The van der Waals surface area contributed by atoms with Gasteiger partial charge in [0.2, 0.25) is 11.8 Å². The van der Waals surface area contributed by atoms with Gasteiger partial charge >= 0.3 is 0 Å². The van der Waals surface area contributed by atoms with E-state index < -0.39 is 0 Å². The largest absolute Gasteiger partial charge is 0.348 e. The second kappa shape index (κ2) is 9.16. The average Bonchev–Trinajstić information content (AvgIpc) is 3.15. The van der Waals surface area contributed by atoms with Gasteiger partial charge in [0, 0.05) is 40.3 Å². The van der Waals surface area contributed by atoms with Gasteiger partial charge in [-0.05, 0) is 12.1 Å². The molecule has 150 valence electrons. The fraction of sp³-hybridized carbons (Fsp3) is 0.444. The Kier molecular flexibility index (Phi) is 6.63. The molecule has 0 saturated carbocycles. The van der Waals surface area contributed by atoms with Crippen molar-refractivity contribution in [1.82, 2.24) is 29.5 Å². The van der Waals surface area contributed by atoms with E-state index in [1.807, 2.05) is 4.90 Å². The molecule has 1 aromatic heterocycles. The van der Waals surface area contributed by atoms with Gasteiger partial charge in [0.05, 0.1) is 18.0 Å². The van der Waals surface area contributed by atoms with E-state index in [0.717, 1.165) is 0 Å². The van der Waals surface area contributed by atoms with Gasteiger partial charge in [0.25, 0.3) is 0 Å². The van der Waals surface area contributed by atoms with Crippen LogP contribution in [0.4, 0.5) is 4.39 Å². The van der Waals surface area contributed by atoms with Gasteiger partial charge in [-0.25, -0.2) is 4.39 Å². The first-order valence-corrected chi connectivity index (χ1v) is 9.92. The summed E-state index contributed by atoms with van der Waals surface area (Å²) in [6.45, 7) is 2.87. The molecule has 1 fully saturated rings. The lowest BCUT2D eigenvalue weighted by Gasteiger charge is -2.34. The minimum Gasteiger partial charge on any atom is -0.348 e. The van der Waals surface area contributed by atoms with Gasteiger partial charge in [0.1, 0.15) is 12.1 Å². The quantitative estimate of drug-likeness (QED) is 0.659. The van der Waals surface area contributed by atoms with Crippen LogP contribution in [0.1, 0.15) is 0 Å². The standard InChI is InChI=1S/C18H23FN6O2S/c1-22(2)16(26)11-23-7-9-24(10-8-23)17(27)12-28-18-21-20-13-25(18)15-6-4-3-5-14(15)19/h3-6,13H,7-12H2,1-2H3. The number of halogens is 1. The molecule has 1 aliphatic rings. The number of rotatable bonds is 6. The number of amides is 2. The number of benzene rings is 1. The summed E-state index contributed by atoms with van der Waals surface area (Å²) in [5.41, 5.74) is 0.349. The maximum Gasteiger partial charge on any atom is 0.236 e. The summed E-state index contributed by atoms with van der Waals surface area (Å²) in [5, 5.41) is 8.31. The Morgan fingerprint density at radius 1 is 1.18 bits per heavy atom. The number of nitrogens with zero attached hydrogens (tertiary/aromatic N) is 6. The highest BCUT2D eigenvalue weighted by Crippen LogP contribution is 2.21. The third-order valence-electron chi connectivity index (χ3n) is 4.54. The molecule has 1 aromatic carbocycles. The topological polar surface area (TPSA) is 74.6 Å². The van der Waals surface area contributed by atoms with Gasteiger partial charge in [-0.3, -0.25) is 19.1 Å². The van der Waals surface area contributed by atoms with Crippen LogP contribution in [-0.4, -0.2) is 93.9 Å². The Balaban J connectivity index is 1.52. The number of carbonyl (C=O) groups is 2. The molecule has 2 aromatic rings. The number of aromatic nitrogens is 3. The molecule has 0 atom stereocenters. The molecule has 1 aliphatic heterocycles. The molecular weight excluding hydrogens is 383 g/mol. The molecule has 0 radical (unpaired) electrons. The highest BCUT2D eigenvalue weighted by Gasteiger charge is 2.23. The van der Waals surface area contributed by atoms with Gasteiger partial charge in [-0.2, -0.15) is 0 Å². The van der Waals surface area contributed by atoms with Gasteiger partial charge < -0.3 is 9.80 Å². The van der Waals surface area contributed by atoms with Crippen LogP contribution in [0.2, 0.25) is 0 Å². The third kappa shape index (κ3) is 4.87. The maximum atomic E-state index is 14.0. The molecule has 1 saturated heterocycles. The van der Waals surface area contributed by atoms with Crippen molar-refractivity contribution in [2.24, 2.45) is 0 Å². The van der Waals surface area contributed by atoms with E-state index in [4.69, 9.17) is 0 Å². The summed E-state index contributed by atoms with van der Waals surface area (Å²) in [5.74, 6) is -0.127. The fourth-order valence-electron chi connectivity index (χ4n) is 2.84. The van der Waals surface area contributed by atoms with E-state index in [1.54, 1.807) is 42.1 Å². The van der Waals surface area contributed by atoms with Gasteiger partial charge in [-0.15, -0.1) is 10.2 Å². The molecule has 0 bridgehead atoms. The van der Waals surface area contributed by atoms with Crippen molar-refractivity contribution in [2.45, 2.75) is 5.16 Å². The number of likely N-dealkylation sites (N-methyl/N-ethyl adjacent to an activating group) is 1. The summed E-state index contributed by atoms with van der Waals surface area (Å²) in [6.07, 6.45) is 1.44. The van der Waals surface area contributed by atoms with E-state index in [2.05, 4.69) is 10.2 Å². The van der Waals surface area contributed by atoms with Crippen LogP contribution in [0.5, 0.6) is 0 Å². The number of piperazine rings is 1. The molecule has 3 rings (SSSR count). The van der Waals surface area contributed by atoms with E-state index in [-0.39, 0.29) is 23.4 Å². The Bertz CT molecular complexity index is 835. The van der Waals surface area contributed by atoms with Crippen molar-refractivity contribution in [3.8, 4) is 5.69 Å². The Morgan fingerprint density at radius 2 is 1.89 bits per heavy atom. The molecule has 28 heavy (non-hydrogen) atoms. The lowest BCUT2D eigenvalue weighted by molar-refractivity contribution is -0.132. The molecule has 0 N–H and O–H groups in total. The first kappa shape index (κ1) is 20.3. The van der Waals surface area contributed by atoms with Crippen molar-refractivity contribution in [2.75, 3.05) is 52.6 Å². The number of hydrogen-bond acceptors (Lipinski definition) is 6. The zero-order valence-corrected chi connectivity index (χ0v) is 16.7. The van der Waals surface area contributed by atoms with Crippen LogP contribution >= 0.6 is 11.8 Å². The van der Waals surface area contributed by atoms with Crippen molar-refractivity contribution >= 4 is 23.6 Å². The van der Waals surface area contributed by atoms with Crippen LogP contribution in [-0.2, 0) is 9.59 Å². The van der Waals surface area contributed by atoms with E-state index >= 15 is 0 Å². The normalized spacial score (nSPS) is 14.9. The van der Waals surface area contributed by atoms with Gasteiger partial charge in [0.15, 0.2) is 5.16 Å². The zero-order valence-electron chi connectivity index (χ0n) is 15.9. The predicted octanol–water partition coefficient (Wildman–Crippen LogP) is 0.731. The van der Waals surface area contributed by atoms with Crippen LogP contribution in [0.15, 0.2) is 35.7 Å². The SMILES string of the molecule is CN(C)C(=O)CN1CCN(C(=O)CSc2nncn2-c2ccccc2F)CC1. The molecule has 0 unspecified atom stereocenters. The highest BCUT2D eigenvalue weighted by atomic mass is 32.2. The number of thioether (sulfide) groups is 1. The van der Waals surface area contributed by atoms with E-state index in [9.17, 15) is 14.0 Å². The smallest absolute Gasteiger partial charge is 0.236 e. The highest BCUT2D eigenvalue weighted by molar-refractivity contribution is 7.99. The molecule has 0 spiro atoms. The minimum atomic E-state index is -0.376. The van der Waals surface area contributed by atoms with E-state index in [0.29, 0.717) is 43.6 Å². The number of carbonyl (C=O) groups excluding carboxylic acids is 2. The number of hydrogen-bond donors (Lipinski definition) is 0. The van der Waals surface area contributed by atoms with Crippen molar-refractivity contribution < 1.29 is 14.0 Å². The molecular formula is C18H23FN6O2S. The first-order chi connectivity index (χ1) is 13.5. The zero-order chi connectivity index (χ0) is 20.1. The van der Waals surface area contributed by atoms with Crippen LogP contribution in [0.25, 0.3) is 5.69 Å². The maximum absolute atomic E-state index is 14.0. The van der Waals surface area contributed by atoms with Crippen molar-refractivity contribution in [3.63, 3.8) is 0 Å². The predicted molar refractivity (Wildman–Crippen MR) is 104 cm³/mol. The lowest BCUT2D eigenvalue weighted by Crippen LogP contribution is -2.51. The molecule has 8 nitrogen and oxygen atoms in total. The van der Waals surface area contributed by atoms with Crippen molar-refractivity contribution in [3.05, 3.63) is 36.4 Å². The fourth-order valence-corrected chi connectivity index (χ4v) is 3.67. The Hall–Kier alpha value is -2.46. The molecule has 2 amide bonds. The van der Waals surface area contributed by atoms with Crippen LogP contribution in [0.3, 0.4) is 0 Å². The van der Waals surface area contributed by atoms with E-state index in [1.165, 1.54) is 28.7 Å². The van der Waals surface area contributed by atoms with Crippen molar-refractivity contribution in [1.29, 1.82) is 0 Å². The molecule has 2 heterocycles. The third-order valence-corrected chi connectivity index (χ3v) is 5.46. The average molecular weight is 406 g/mol. The summed E-state index contributed by atoms with van der Waals surface area (Å²) in [6, 6.07) is 6.36. The number of para-hydroxylation sites is 1. The molecule has 10 heteroatoms. The minimum absolute atomic E-state index is 0.00771. The Morgan fingerprint density at radius 3 is 2.57 bits per heavy atom. The van der Waals surface area contributed by atoms with Gasteiger partial charge in [-0.1, -0.05) is 23.9 Å². The lowest BCUT2D eigenvalue weighted by atomic mass is 10.3. The van der Waals surface area contributed by atoms with Crippen LogP contribution < -0.4 is 0 Å². The second-order valence-corrected chi connectivity index (χ2v) is 7.61. The first-order valence-electron chi connectivity index (χ1n) is 8.93. The van der Waals surface area contributed by atoms with Crippen LogP contribution in [0, 0.1) is 5.82 Å². The summed E-state index contributed by atoms with van der Waals surface area (Å²) < 4.78 is 15.5. The summed E-state index contributed by atoms with van der Waals surface area (Å²) >= 11 is 1.23. The summed E-state index contributed by atoms with van der Waals surface area (Å²) in [7, 11) is 3.47. The summed E-state index contributed by atoms with van der Waals surface area (Å²) in [4.78, 5) is 29.7. The second-order valence-electron chi connectivity index (χ2n) is 6.67. The molecule has 0 aliphatic carbocycles. The Labute approximate surface area is 167 Å².